The zero-order chi connectivity index (χ0) is 13.7. The molecule has 1 rings (SSSR count). The van der Waals surface area contributed by atoms with E-state index < -0.39 is 5.75 Å². The second-order valence-corrected chi connectivity index (χ2v) is 5.21. The number of hydrogen-bond acceptors (Lipinski definition) is 4. The SMILES string of the molecule is COCC(Br)CN(C)C(=O)c1cccc(O)c1O. The summed E-state index contributed by atoms with van der Waals surface area (Å²) in [5.74, 6) is -1.06. The number of benzene rings is 1. The molecule has 18 heavy (non-hydrogen) atoms. The smallest absolute Gasteiger partial charge is 0.257 e. The summed E-state index contributed by atoms with van der Waals surface area (Å²) < 4.78 is 4.96. The van der Waals surface area contributed by atoms with Crippen molar-refractivity contribution in [2.24, 2.45) is 0 Å². The van der Waals surface area contributed by atoms with Crippen molar-refractivity contribution in [1.82, 2.24) is 4.90 Å². The van der Waals surface area contributed by atoms with Crippen LogP contribution in [0.2, 0.25) is 0 Å². The molecule has 0 fully saturated rings. The maximum atomic E-state index is 12.1. The number of carbonyl (C=O) groups is 1. The van der Waals surface area contributed by atoms with Crippen LogP contribution in [0.5, 0.6) is 11.5 Å². The molecule has 0 saturated heterocycles. The number of carbonyl (C=O) groups excluding carboxylic acids is 1. The van der Waals surface area contributed by atoms with E-state index in [1.54, 1.807) is 14.2 Å². The highest BCUT2D eigenvalue weighted by Crippen LogP contribution is 2.28. The highest BCUT2D eigenvalue weighted by atomic mass is 79.9. The van der Waals surface area contributed by atoms with Crippen LogP contribution in [-0.2, 0) is 4.74 Å². The van der Waals surface area contributed by atoms with E-state index in [9.17, 15) is 15.0 Å². The standard InChI is InChI=1S/C12H16BrNO4/c1-14(6-8(13)7-18-2)12(17)9-4-3-5-10(15)11(9)16/h3-5,8,15-16H,6-7H2,1-2H3. The number of phenols is 2. The third kappa shape index (κ3) is 3.61. The molecule has 0 spiro atoms. The Bertz CT molecular complexity index is 425. The summed E-state index contributed by atoms with van der Waals surface area (Å²) in [5.41, 5.74) is 0.0783. The zero-order valence-electron chi connectivity index (χ0n) is 10.3. The number of halogens is 1. The Morgan fingerprint density at radius 1 is 1.50 bits per heavy atom. The summed E-state index contributed by atoms with van der Waals surface area (Å²) >= 11 is 3.38. The van der Waals surface area contributed by atoms with E-state index in [1.165, 1.54) is 23.1 Å². The quantitative estimate of drug-likeness (QED) is 0.639. The molecule has 1 atom stereocenters. The molecular formula is C12H16BrNO4. The molecule has 0 saturated carbocycles. The van der Waals surface area contributed by atoms with Crippen molar-refractivity contribution in [3.05, 3.63) is 23.8 Å². The predicted molar refractivity (Wildman–Crippen MR) is 71.3 cm³/mol. The van der Waals surface area contributed by atoms with E-state index >= 15 is 0 Å². The van der Waals surface area contributed by atoms with Crippen LogP contribution in [-0.4, -0.2) is 53.2 Å². The number of rotatable bonds is 5. The molecule has 0 heterocycles. The van der Waals surface area contributed by atoms with Gasteiger partial charge >= 0.3 is 0 Å². The Kier molecular flexibility index (Phi) is 5.43. The number of para-hydroxylation sites is 1. The predicted octanol–water partition coefficient (Wildman–Crippen LogP) is 1.58. The van der Waals surface area contributed by atoms with E-state index in [1.807, 2.05) is 0 Å². The fourth-order valence-corrected chi connectivity index (χ4v) is 2.22. The number of phenolic OH excluding ortho intramolecular Hbond substituents is 2. The average molecular weight is 318 g/mol. The maximum Gasteiger partial charge on any atom is 0.257 e. The van der Waals surface area contributed by atoms with Crippen molar-refractivity contribution in [1.29, 1.82) is 0 Å². The summed E-state index contributed by atoms with van der Waals surface area (Å²) in [4.78, 5) is 13.5. The first-order valence-electron chi connectivity index (χ1n) is 5.36. The van der Waals surface area contributed by atoms with Gasteiger partial charge in [0.05, 0.1) is 17.0 Å². The molecule has 1 unspecified atom stereocenters. The number of nitrogens with zero attached hydrogens (tertiary/aromatic N) is 1. The Morgan fingerprint density at radius 3 is 2.78 bits per heavy atom. The lowest BCUT2D eigenvalue weighted by Gasteiger charge is -2.20. The van der Waals surface area contributed by atoms with Gasteiger partial charge in [-0.3, -0.25) is 4.79 Å². The third-order valence-corrected chi connectivity index (χ3v) is 2.97. The van der Waals surface area contributed by atoms with Gasteiger partial charge in [0, 0.05) is 20.7 Å². The van der Waals surface area contributed by atoms with Crippen LogP contribution in [0, 0.1) is 0 Å². The molecule has 0 radical (unpaired) electrons. The number of amides is 1. The summed E-state index contributed by atoms with van der Waals surface area (Å²) in [5, 5.41) is 19.0. The summed E-state index contributed by atoms with van der Waals surface area (Å²) in [6, 6.07) is 4.30. The minimum absolute atomic E-state index is 0.0101. The monoisotopic (exact) mass is 317 g/mol. The summed E-state index contributed by atoms with van der Waals surface area (Å²) in [6.07, 6.45) is 0. The van der Waals surface area contributed by atoms with Crippen molar-refractivity contribution in [2.45, 2.75) is 4.83 Å². The van der Waals surface area contributed by atoms with Crippen LogP contribution in [0.15, 0.2) is 18.2 Å². The summed E-state index contributed by atoms with van der Waals surface area (Å²) in [6.45, 7) is 0.908. The first kappa shape index (κ1) is 14.8. The number of methoxy groups -OCH3 is 1. The van der Waals surface area contributed by atoms with Crippen molar-refractivity contribution >= 4 is 21.8 Å². The van der Waals surface area contributed by atoms with Gasteiger partial charge in [-0.25, -0.2) is 0 Å². The third-order valence-electron chi connectivity index (χ3n) is 2.41. The Balaban J connectivity index is 2.77. The lowest BCUT2D eigenvalue weighted by Crippen LogP contribution is -2.33. The van der Waals surface area contributed by atoms with Crippen LogP contribution >= 0.6 is 15.9 Å². The fraction of sp³-hybridized carbons (Fsp3) is 0.417. The normalized spacial score (nSPS) is 12.2. The number of ether oxygens (including phenoxy) is 1. The Morgan fingerprint density at radius 2 is 2.17 bits per heavy atom. The van der Waals surface area contributed by atoms with Crippen LogP contribution in [0.25, 0.3) is 0 Å². The Hall–Kier alpha value is -1.27. The van der Waals surface area contributed by atoms with Crippen LogP contribution in [0.1, 0.15) is 10.4 Å². The number of aromatic hydroxyl groups is 2. The lowest BCUT2D eigenvalue weighted by molar-refractivity contribution is 0.0780. The van der Waals surface area contributed by atoms with Gasteiger partial charge in [0.2, 0.25) is 0 Å². The molecule has 100 valence electrons. The topological polar surface area (TPSA) is 70.0 Å². The van der Waals surface area contributed by atoms with Gasteiger partial charge in [-0.2, -0.15) is 0 Å². The largest absolute Gasteiger partial charge is 0.504 e. The maximum absolute atomic E-state index is 12.1. The molecule has 5 nitrogen and oxygen atoms in total. The number of hydrogen-bond donors (Lipinski definition) is 2. The Labute approximate surface area is 114 Å². The first-order chi connectivity index (χ1) is 8.47. The van der Waals surface area contributed by atoms with E-state index in [0.29, 0.717) is 13.2 Å². The van der Waals surface area contributed by atoms with Crippen molar-refractivity contribution in [3.63, 3.8) is 0 Å². The van der Waals surface area contributed by atoms with Gasteiger partial charge in [0.15, 0.2) is 11.5 Å². The highest BCUT2D eigenvalue weighted by Gasteiger charge is 2.19. The molecule has 1 amide bonds. The van der Waals surface area contributed by atoms with Crippen LogP contribution in [0.4, 0.5) is 0 Å². The van der Waals surface area contributed by atoms with Gasteiger partial charge < -0.3 is 19.8 Å². The fourth-order valence-electron chi connectivity index (χ4n) is 1.52. The second kappa shape index (κ2) is 6.61. The molecule has 0 aliphatic carbocycles. The van der Waals surface area contributed by atoms with Crippen molar-refractivity contribution < 1.29 is 19.7 Å². The van der Waals surface area contributed by atoms with E-state index in [0.717, 1.165) is 0 Å². The van der Waals surface area contributed by atoms with E-state index in [2.05, 4.69) is 15.9 Å². The molecular weight excluding hydrogens is 302 g/mol. The molecule has 0 bridgehead atoms. The molecule has 0 aromatic heterocycles. The molecule has 1 aromatic carbocycles. The molecule has 0 aliphatic rings. The minimum atomic E-state index is -0.396. The van der Waals surface area contributed by atoms with Gasteiger partial charge in [-0.15, -0.1) is 0 Å². The van der Waals surface area contributed by atoms with Crippen LogP contribution in [0.3, 0.4) is 0 Å². The van der Waals surface area contributed by atoms with Gasteiger partial charge in [-0.05, 0) is 12.1 Å². The highest BCUT2D eigenvalue weighted by molar-refractivity contribution is 9.09. The molecule has 0 aliphatic heterocycles. The second-order valence-electron chi connectivity index (χ2n) is 3.91. The molecule has 1 aromatic rings. The average Bonchev–Trinajstić information content (AvgIpc) is 2.32. The van der Waals surface area contributed by atoms with E-state index in [-0.39, 0.29) is 22.0 Å². The lowest BCUT2D eigenvalue weighted by atomic mass is 10.1. The molecule has 2 N–H and O–H groups in total. The van der Waals surface area contributed by atoms with Crippen molar-refractivity contribution in [2.75, 3.05) is 27.3 Å². The molecule has 6 heteroatoms. The minimum Gasteiger partial charge on any atom is -0.504 e. The van der Waals surface area contributed by atoms with E-state index in [4.69, 9.17) is 4.74 Å². The number of alkyl halides is 1. The van der Waals surface area contributed by atoms with Crippen LogP contribution < -0.4 is 0 Å². The van der Waals surface area contributed by atoms with Gasteiger partial charge in [-0.1, -0.05) is 22.0 Å². The van der Waals surface area contributed by atoms with Gasteiger partial charge in [0.25, 0.3) is 5.91 Å². The zero-order valence-corrected chi connectivity index (χ0v) is 11.8. The van der Waals surface area contributed by atoms with Crippen molar-refractivity contribution in [3.8, 4) is 11.5 Å². The first-order valence-corrected chi connectivity index (χ1v) is 6.28. The van der Waals surface area contributed by atoms with Gasteiger partial charge in [0.1, 0.15) is 0 Å². The summed E-state index contributed by atoms with van der Waals surface area (Å²) in [7, 11) is 3.20.